The van der Waals surface area contributed by atoms with Gasteiger partial charge in [-0.25, -0.2) is 0 Å². The molecule has 24 heavy (non-hydrogen) atoms. The van der Waals surface area contributed by atoms with Crippen molar-refractivity contribution >= 4 is 17.8 Å². The Balaban J connectivity index is 2.14. The molecule has 130 valence electrons. The number of nitrogens with zero attached hydrogens (tertiary/aromatic N) is 1. The van der Waals surface area contributed by atoms with Crippen molar-refractivity contribution in [3.63, 3.8) is 0 Å². The van der Waals surface area contributed by atoms with Gasteiger partial charge < -0.3 is 15.3 Å². The highest BCUT2D eigenvalue weighted by molar-refractivity contribution is 5.99. The van der Waals surface area contributed by atoms with Crippen molar-refractivity contribution in [2.24, 2.45) is 11.8 Å². The molecule has 2 atom stereocenters. The van der Waals surface area contributed by atoms with Crippen molar-refractivity contribution in [3.8, 4) is 0 Å². The maximum atomic E-state index is 12.7. The molecule has 2 N–H and O–H groups in total. The summed E-state index contributed by atoms with van der Waals surface area (Å²) < 4.78 is 0. The van der Waals surface area contributed by atoms with Gasteiger partial charge in [0.2, 0.25) is 0 Å². The smallest absolute Gasteiger partial charge is 0.308 e. The molecule has 0 bridgehead atoms. The summed E-state index contributed by atoms with van der Waals surface area (Å²) in [4.78, 5) is 37.6. The van der Waals surface area contributed by atoms with Crippen LogP contribution in [-0.2, 0) is 4.79 Å². The van der Waals surface area contributed by atoms with Crippen LogP contribution in [0.25, 0.3) is 0 Å². The number of carbonyl (C=O) groups is 3. The van der Waals surface area contributed by atoms with Crippen LogP contribution in [-0.4, -0.2) is 47.4 Å². The molecule has 1 aliphatic rings. The second-order valence-corrected chi connectivity index (χ2v) is 6.42. The number of likely N-dealkylation sites (tertiary alicyclic amines) is 1. The van der Waals surface area contributed by atoms with Crippen molar-refractivity contribution in [2.45, 2.75) is 26.7 Å². The zero-order valence-electron chi connectivity index (χ0n) is 14.1. The van der Waals surface area contributed by atoms with E-state index in [4.69, 9.17) is 0 Å². The zero-order chi connectivity index (χ0) is 17.7. The number of rotatable bonds is 5. The van der Waals surface area contributed by atoms with E-state index in [1.54, 1.807) is 29.2 Å². The predicted molar refractivity (Wildman–Crippen MR) is 89.9 cm³/mol. The quantitative estimate of drug-likeness (QED) is 0.863. The fourth-order valence-corrected chi connectivity index (χ4v) is 3.01. The summed E-state index contributed by atoms with van der Waals surface area (Å²) in [6.45, 7) is 5.25. The molecule has 2 unspecified atom stereocenters. The van der Waals surface area contributed by atoms with Gasteiger partial charge in [0.1, 0.15) is 0 Å². The van der Waals surface area contributed by atoms with Gasteiger partial charge in [0, 0.05) is 30.8 Å². The highest BCUT2D eigenvalue weighted by atomic mass is 16.4. The first kappa shape index (κ1) is 18.0. The topological polar surface area (TPSA) is 86.7 Å². The highest BCUT2D eigenvalue weighted by Crippen LogP contribution is 2.23. The molecule has 2 amide bonds. The Bertz CT molecular complexity index is 629. The van der Waals surface area contributed by atoms with Crippen molar-refractivity contribution in [3.05, 3.63) is 35.4 Å². The molecule has 6 heteroatoms. The molecule has 0 aromatic heterocycles. The van der Waals surface area contributed by atoms with Crippen LogP contribution in [0.3, 0.4) is 0 Å². The summed E-state index contributed by atoms with van der Waals surface area (Å²) in [5.41, 5.74) is 0.853. The van der Waals surface area contributed by atoms with E-state index >= 15 is 0 Å². The second-order valence-electron chi connectivity index (χ2n) is 6.42. The molecule has 1 heterocycles. The summed E-state index contributed by atoms with van der Waals surface area (Å²) in [5, 5.41) is 12.0. The first-order chi connectivity index (χ1) is 11.4. The van der Waals surface area contributed by atoms with Crippen molar-refractivity contribution < 1.29 is 19.5 Å². The van der Waals surface area contributed by atoms with Crippen LogP contribution in [0.1, 0.15) is 47.4 Å². The van der Waals surface area contributed by atoms with Crippen molar-refractivity contribution in [1.82, 2.24) is 10.2 Å². The minimum absolute atomic E-state index is 0.139. The molecular weight excluding hydrogens is 308 g/mol. The molecule has 1 aromatic rings. The number of nitrogens with one attached hydrogen (secondary N) is 1. The normalized spacial score (nSPS) is 20.5. The highest BCUT2D eigenvalue weighted by Gasteiger charge is 2.32. The van der Waals surface area contributed by atoms with Gasteiger partial charge in [-0.2, -0.15) is 0 Å². The third kappa shape index (κ3) is 4.34. The lowest BCUT2D eigenvalue weighted by Gasteiger charge is -2.34. The molecule has 0 aliphatic carbocycles. The van der Waals surface area contributed by atoms with Crippen molar-refractivity contribution in [1.29, 1.82) is 0 Å². The average Bonchev–Trinajstić information content (AvgIpc) is 2.58. The van der Waals surface area contributed by atoms with E-state index in [0.717, 1.165) is 6.42 Å². The van der Waals surface area contributed by atoms with Gasteiger partial charge in [-0.05, 0) is 37.0 Å². The number of benzene rings is 1. The number of carboxylic acids is 1. The van der Waals surface area contributed by atoms with Crippen LogP contribution in [0.5, 0.6) is 0 Å². The molecular formula is C18H24N2O4. The SMILES string of the molecule is CCCNC(=O)c1cccc(C(=O)N2CC(C)CC(C(=O)O)C2)c1. The van der Waals surface area contributed by atoms with E-state index in [2.05, 4.69) is 5.32 Å². The van der Waals surface area contributed by atoms with Crippen molar-refractivity contribution in [2.75, 3.05) is 19.6 Å². The van der Waals surface area contributed by atoms with E-state index in [1.165, 1.54) is 0 Å². The summed E-state index contributed by atoms with van der Waals surface area (Å²) in [6, 6.07) is 6.58. The Morgan fingerprint density at radius 1 is 1.25 bits per heavy atom. The minimum Gasteiger partial charge on any atom is -0.481 e. The third-order valence-electron chi connectivity index (χ3n) is 4.20. The lowest BCUT2D eigenvalue weighted by atomic mass is 9.90. The number of amides is 2. The maximum absolute atomic E-state index is 12.7. The summed E-state index contributed by atoms with van der Waals surface area (Å²) in [7, 11) is 0. The number of carbonyl (C=O) groups excluding carboxylic acids is 2. The molecule has 0 radical (unpaired) electrons. The van der Waals surface area contributed by atoms with E-state index in [0.29, 0.717) is 30.6 Å². The maximum Gasteiger partial charge on any atom is 0.308 e. The number of hydrogen-bond acceptors (Lipinski definition) is 3. The van der Waals surface area contributed by atoms with Crippen LogP contribution in [0.4, 0.5) is 0 Å². The Morgan fingerprint density at radius 2 is 1.96 bits per heavy atom. The zero-order valence-corrected chi connectivity index (χ0v) is 14.1. The number of carboxylic acid groups (broad SMARTS) is 1. The molecule has 1 aliphatic heterocycles. The average molecular weight is 332 g/mol. The van der Waals surface area contributed by atoms with Crippen LogP contribution in [0.15, 0.2) is 24.3 Å². The van der Waals surface area contributed by atoms with Gasteiger partial charge in [-0.3, -0.25) is 14.4 Å². The van der Waals surface area contributed by atoms with Crippen LogP contribution in [0.2, 0.25) is 0 Å². The summed E-state index contributed by atoms with van der Waals surface area (Å²) >= 11 is 0. The van der Waals surface area contributed by atoms with E-state index in [-0.39, 0.29) is 24.3 Å². The van der Waals surface area contributed by atoms with Crippen LogP contribution in [0, 0.1) is 11.8 Å². The molecule has 1 fully saturated rings. The molecule has 0 spiro atoms. The van der Waals surface area contributed by atoms with Gasteiger partial charge in [0.25, 0.3) is 11.8 Å². The molecule has 1 saturated heterocycles. The van der Waals surface area contributed by atoms with E-state index in [1.807, 2.05) is 13.8 Å². The first-order valence-corrected chi connectivity index (χ1v) is 8.32. The lowest BCUT2D eigenvalue weighted by Crippen LogP contribution is -2.45. The Labute approximate surface area is 141 Å². The number of hydrogen-bond donors (Lipinski definition) is 2. The van der Waals surface area contributed by atoms with Gasteiger partial charge in [0.15, 0.2) is 0 Å². The Morgan fingerprint density at radius 3 is 2.62 bits per heavy atom. The largest absolute Gasteiger partial charge is 0.481 e. The van der Waals surface area contributed by atoms with Gasteiger partial charge in [-0.15, -0.1) is 0 Å². The lowest BCUT2D eigenvalue weighted by molar-refractivity contribution is -0.143. The van der Waals surface area contributed by atoms with Gasteiger partial charge >= 0.3 is 5.97 Å². The molecule has 6 nitrogen and oxygen atoms in total. The fraction of sp³-hybridized carbons (Fsp3) is 0.500. The minimum atomic E-state index is -0.868. The monoisotopic (exact) mass is 332 g/mol. The Kier molecular flexibility index (Phi) is 5.95. The molecule has 0 saturated carbocycles. The number of piperidine rings is 1. The Hall–Kier alpha value is -2.37. The predicted octanol–water partition coefficient (Wildman–Crippen LogP) is 2.01. The van der Waals surface area contributed by atoms with Crippen LogP contribution >= 0.6 is 0 Å². The summed E-state index contributed by atoms with van der Waals surface area (Å²) in [6.07, 6.45) is 1.42. The van der Waals surface area contributed by atoms with Crippen LogP contribution < -0.4 is 5.32 Å². The standard InChI is InChI=1S/C18H24N2O4/c1-3-7-19-16(21)13-5-4-6-14(9-13)17(22)20-10-12(2)8-15(11-20)18(23)24/h4-6,9,12,15H,3,7-8,10-11H2,1-2H3,(H,19,21)(H,23,24). The molecule has 1 aromatic carbocycles. The van der Waals surface area contributed by atoms with Gasteiger partial charge in [0.05, 0.1) is 5.92 Å². The number of aliphatic carboxylic acids is 1. The first-order valence-electron chi connectivity index (χ1n) is 8.32. The fourth-order valence-electron chi connectivity index (χ4n) is 3.01. The second kappa shape index (κ2) is 7.95. The summed E-state index contributed by atoms with van der Waals surface area (Å²) in [5.74, 6) is -1.69. The van der Waals surface area contributed by atoms with E-state index in [9.17, 15) is 19.5 Å². The molecule has 2 rings (SSSR count). The van der Waals surface area contributed by atoms with E-state index < -0.39 is 11.9 Å². The third-order valence-corrected chi connectivity index (χ3v) is 4.20. The van der Waals surface area contributed by atoms with Gasteiger partial charge in [-0.1, -0.05) is 19.9 Å².